The number of pyridine rings is 1. The first-order valence-corrected chi connectivity index (χ1v) is 21.8. The van der Waals surface area contributed by atoms with Gasteiger partial charge in [-0.3, -0.25) is 19.3 Å². The van der Waals surface area contributed by atoms with E-state index in [9.17, 15) is 19.5 Å². The van der Waals surface area contributed by atoms with Crippen LogP contribution in [0.15, 0.2) is 123 Å². The summed E-state index contributed by atoms with van der Waals surface area (Å²) in [6, 6.07) is 13.1. The van der Waals surface area contributed by atoms with Gasteiger partial charge < -0.3 is 23.9 Å². The monoisotopic (exact) mass is 879 g/mol. The molecule has 61 heavy (non-hydrogen) atoms. The maximum absolute atomic E-state index is 15.0. The number of imide groups is 1. The van der Waals surface area contributed by atoms with Crippen molar-refractivity contribution in [3.8, 4) is 11.5 Å². The molecule has 14 heteroatoms. The second-order valence-corrected chi connectivity index (χ2v) is 16.1. The highest BCUT2D eigenvalue weighted by molar-refractivity contribution is 8.02. The number of benzene rings is 2. The van der Waals surface area contributed by atoms with Gasteiger partial charge in [0.1, 0.15) is 36.6 Å². The predicted octanol–water partition coefficient (Wildman–Crippen LogP) is 10.3. The number of aromatic nitrogens is 1. The van der Waals surface area contributed by atoms with E-state index in [-0.39, 0.29) is 37.4 Å². The van der Waals surface area contributed by atoms with Crippen LogP contribution in [-0.4, -0.2) is 70.8 Å². The van der Waals surface area contributed by atoms with E-state index in [2.05, 4.69) is 32.0 Å². The SMILES string of the molecule is C=C(/N=C(\C=C/C)COc1ccc(C(C)(C)C2=CC(Cl)=C(OCCC(F)(F)CCOc3ccc4c(=O)n(C5CCC(=O)N(CO)C5=O)ccc4c3)C(=C)C2C)cc1)SC.CC. The summed E-state index contributed by atoms with van der Waals surface area (Å²) in [5, 5.41) is 11.2. The average molecular weight is 880 g/mol. The van der Waals surface area contributed by atoms with Crippen LogP contribution >= 0.6 is 23.4 Å². The Morgan fingerprint density at radius 1 is 1.03 bits per heavy atom. The van der Waals surface area contributed by atoms with Crippen molar-refractivity contribution in [2.75, 3.05) is 32.8 Å². The van der Waals surface area contributed by atoms with E-state index in [4.69, 9.17) is 25.8 Å². The summed E-state index contributed by atoms with van der Waals surface area (Å²) in [5.74, 6) is -3.16. The highest BCUT2D eigenvalue weighted by Gasteiger charge is 2.37. The minimum atomic E-state index is -3.11. The highest BCUT2D eigenvalue weighted by Crippen LogP contribution is 2.45. The molecule has 1 N–H and O–H groups in total. The van der Waals surface area contributed by atoms with Gasteiger partial charge in [-0.15, -0.1) is 11.8 Å². The van der Waals surface area contributed by atoms with Gasteiger partial charge in [-0.25, -0.2) is 13.8 Å². The number of aliphatic hydroxyl groups is 1. The van der Waals surface area contributed by atoms with Gasteiger partial charge in [0.15, 0.2) is 0 Å². The number of hydrogen-bond donors (Lipinski definition) is 1. The molecule has 10 nitrogen and oxygen atoms in total. The molecule has 2 heterocycles. The quantitative estimate of drug-likeness (QED) is 0.0991. The van der Waals surface area contributed by atoms with Gasteiger partial charge in [0.2, 0.25) is 5.91 Å². The molecular weight excluding hydrogens is 824 g/mol. The number of carbonyl (C=O) groups is 2. The number of aliphatic hydroxyl groups excluding tert-OH is 1. The van der Waals surface area contributed by atoms with Crippen LogP contribution < -0.4 is 15.0 Å². The molecule has 2 aromatic carbocycles. The molecule has 1 aromatic heterocycles. The fourth-order valence-electron chi connectivity index (χ4n) is 7.11. The fraction of sp³-hybridized carbons (Fsp3) is 0.404. The zero-order chi connectivity index (χ0) is 45.1. The van der Waals surface area contributed by atoms with Crippen LogP contribution in [0.2, 0.25) is 0 Å². The summed E-state index contributed by atoms with van der Waals surface area (Å²) in [5.41, 5.74) is 2.47. The normalized spacial score (nSPS) is 17.7. The zero-order valence-electron chi connectivity index (χ0n) is 35.9. The maximum atomic E-state index is 15.0. The Hall–Kier alpha value is -4.98. The summed E-state index contributed by atoms with van der Waals surface area (Å²) in [4.78, 5) is 43.1. The topological polar surface area (TPSA) is 120 Å². The Morgan fingerprint density at radius 3 is 2.33 bits per heavy atom. The standard InChI is InChI=1S/C45H50ClF2N3O7S.C2H6/c1-8-9-33(49-30(4)59-7)26-58-34-12-10-32(11-13-34)44(5,6)37-25-38(46)41(29(3)28(37)2)57-23-20-45(47,48)19-22-56-35-14-15-36-31(24-35)18-21-50(42(36)54)39-16-17-40(53)51(27-52)43(39)55;1-2/h8-15,18,21,24-25,28,39,52H,3-4,16-17,19-20,22-23,26-27H2,1-2,5-7H3;1-2H3/b9-8-,49-33+;. The molecule has 2 aliphatic rings. The molecule has 1 aliphatic heterocycles. The first-order chi connectivity index (χ1) is 29.0. The van der Waals surface area contributed by atoms with E-state index in [0.717, 1.165) is 21.7 Å². The van der Waals surface area contributed by atoms with E-state index in [0.29, 0.717) is 44.9 Å². The molecule has 328 valence electrons. The van der Waals surface area contributed by atoms with Crippen molar-refractivity contribution in [1.82, 2.24) is 9.47 Å². The first kappa shape index (κ1) is 48.7. The summed E-state index contributed by atoms with van der Waals surface area (Å²) >= 11 is 8.20. The second-order valence-electron chi connectivity index (χ2n) is 14.8. The Kier molecular flexibility index (Phi) is 17.3. The van der Waals surface area contributed by atoms with Gasteiger partial charge in [-0.05, 0) is 84.7 Å². The minimum absolute atomic E-state index is 0.0161. The Labute approximate surface area is 366 Å². The van der Waals surface area contributed by atoms with Crippen molar-refractivity contribution >= 4 is 51.7 Å². The molecule has 5 rings (SSSR count). The summed E-state index contributed by atoms with van der Waals surface area (Å²) in [7, 11) is 0. The maximum Gasteiger partial charge on any atom is 0.259 e. The number of piperidine rings is 1. The van der Waals surface area contributed by atoms with Crippen LogP contribution in [0, 0.1) is 5.92 Å². The number of rotatable bonds is 18. The third-order valence-electron chi connectivity index (χ3n) is 10.6. The average Bonchev–Trinajstić information content (AvgIpc) is 3.24. The predicted molar refractivity (Wildman–Crippen MR) is 242 cm³/mol. The van der Waals surface area contributed by atoms with Crippen LogP contribution in [-0.2, 0) is 19.7 Å². The van der Waals surface area contributed by atoms with Crippen molar-refractivity contribution in [3.63, 3.8) is 0 Å². The number of hydrogen-bond acceptors (Lipinski definition) is 9. The molecule has 2 unspecified atom stereocenters. The second kappa shape index (κ2) is 21.7. The number of amides is 2. The summed E-state index contributed by atoms with van der Waals surface area (Å²) < 4.78 is 48.8. The number of aliphatic imine (C=N–C) groups is 1. The van der Waals surface area contributed by atoms with Crippen molar-refractivity contribution < 1.29 is 37.7 Å². The van der Waals surface area contributed by atoms with Crippen LogP contribution in [0.3, 0.4) is 0 Å². The lowest BCUT2D eigenvalue weighted by Crippen LogP contribution is -2.47. The van der Waals surface area contributed by atoms with Crippen molar-refractivity contribution in [2.24, 2.45) is 10.9 Å². The number of halogens is 3. The molecule has 0 radical (unpaired) electrons. The van der Waals surface area contributed by atoms with Crippen molar-refractivity contribution in [2.45, 2.75) is 84.6 Å². The smallest absolute Gasteiger partial charge is 0.259 e. The molecule has 1 fully saturated rings. The molecule has 0 bridgehead atoms. The number of nitrogens with zero attached hydrogens (tertiary/aromatic N) is 3. The molecule has 2 amide bonds. The summed E-state index contributed by atoms with van der Waals surface area (Å²) in [6.45, 7) is 19.2. The minimum Gasteiger partial charge on any atom is -0.493 e. The fourth-order valence-corrected chi connectivity index (χ4v) is 7.61. The summed E-state index contributed by atoms with van der Waals surface area (Å²) in [6.07, 6.45) is 7.99. The van der Waals surface area contributed by atoms with E-state index in [1.807, 2.05) is 76.4 Å². The Morgan fingerprint density at radius 2 is 1.69 bits per heavy atom. The van der Waals surface area contributed by atoms with Crippen LogP contribution in [0.25, 0.3) is 10.8 Å². The lowest BCUT2D eigenvalue weighted by atomic mass is 9.69. The Balaban J connectivity index is 0.00000403. The highest BCUT2D eigenvalue weighted by atomic mass is 35.5. The van der Waals surface area contributed by atoms with Crippen molar-refractivity contribution in [1.29, 1.82) is 0 Å². The van der Waals surface area contributed by atoms with E-state index >= 15 is 8.78 Å². The number of fused-ring (bicyclic) bond motifs is 1. The lowest BCUT2D eigenvalue weighted by molar-refractivity contribution is -0.155. The molecular formula is C47H56ClF2N3O7S. The van der Waals surface area contributed by atoms with Gasteiger partial charge in [0, 0.05) is 42.2 Å². The number of carbonyl (C=O) groups excluding carboxylic acids is 2. The Bertz CT molecular complexity index is 2280. The molecule has 3 aromatic rings. The van der Waals surface area contributed by atoms with Gasteiger partial charge in [0.25, 0.3) is 17.4 Å². The van der Waals surface area contributed by atoms with E-state index in [1.165, 1.54) is 34.7 Å². The van der Waals surface area contributed by atoms with Gasteiger partial charge >= 0.3 is 0 Å². The van der Waals surface area contributed by atoms with Gasteiger partial charge in [-0.2, -0.15) is 0 Å². The van der Waals surface area contributed by atoms with Gasteiger partial charge in [-0.1, -0.05) is 83.2 Å². The molecule has 2 atom stereocenters. The molecule has 1 saturated heterocycles. The third-order valence-corrected chi connectivity index (χ3v) is 11.5. The number of alkyl halides is 2. The van der Waals surface area contributed by atoms with Crippen LogP contribution in [0.5, 0.6) is 11.5 Å². The molecule has 0 spiro atoms. The largest absolute Gasteiger partial charge is 0.493 e. The molecule has 1 aliphatic carbocycles. The van der Waals surface area contributed by atoms with E-state index in [1.54, 1.807) is 12.1 Å². The number of likely N-dealkylation sites (tertiary alicyclic amines) is 1. The van der Waals surface area contributed by atoms with Gasteiger partial charge in [0.05, 0.1) is 29.0 Å². The zero-order valence-corrected chi connectivity index (χ0v) is 37.5. The third kappa shape index (κ3) is 11.9. The first-order valence-electron chi connectivity index (χ1n) is 20.2. The lowest BCUT2D eigenvalue weighted by Gasteiger charge is -2.36. The van der Waals surface area contributed by atoms with Crippen LogP contribution in [0.4, 0.5) is 8.78 Å². The number of ether oxygens (including phenoxy) is 3. The van der Waals surface area contributed by atoms with Crippen LogP contribution in [0.1, 0.15) is 78.8 Å². The molecule has 0 saturated carbocycles. The van der Waals surface area contributed by atoms with E-state index < -0.39 is 54.3 Å². The number of allylic oxidation sites excluding steroid dienone is 5. The van der Waals surface area contributed by atoms with Crippen molar-refractivity contribution in [3.05, 3.63) is 129 Å². The number of thioether (sulfide) groups is 1.